The van der Waals surface area contributed by atoms with Crippen LogP contribution in [-0.2, 0) is 4.79 Å². The van der Waals surface area contributed by atoms with Gasteiger partial charge in [0.25, 0.3) is 0 Å². The van der Waals surface area contributed by atoms with E-state index in [2.05, 4.69) is 21.9 Å². The van der Waals surface area contributed by atoms with E-state index in [1.807, 2.05) is 0 Å². The summed E-state index contributed by atoms with van der Waals surface area (Å²) < 4.78 is 42.1. The minimum absolute atomic E-state index is 0.00159. The lowest BCUT2D eigenvalue weighted by Gasteiger charge is -2.52. The predicted molar refractivity (Wildman–Crippen MR) is 129 cm³/mol. The number of nitrogens with one attached hydrogen (secondary N) is 1. The summed E-state index contributed by atoms with van der Waals surface area (Å²) in [5, 5.41) is 2.56. The number of ether oxygens (including phenoxy) is 2. The Morgan fingerprint density at radius 2 is 1.97 bits per heavy atom. The average molecular weight is 521 g/mol. The molecule has 1 saturated carbocycles. The Labute approximate surface area is 209 Å². The first kappa shape index (κ1) is 23.6. The van der Waals surface area contributed by atoms with Crippen LogP contribution in [0.5, 0.6) is 11.5 Å². The first-order chi connectivity index (χ1) is 16.8. The number of piperidine rings is 2. The molecule has 3 aromatic rings. The van der Waals surface area contributed by atoms with Crippen LogP contribution in [0.2, 0.25) is 10.0 Å². The second-order valence-electron chi connectivity index (χ2n) is 8.47. The molecule has 182 valence electrons. The maximum absolute atomic E-state index is 15.9. The Bertz CT molecular complexity index is 1340. The quantitative estimate of drug-likeness (QED) is 0.347. The smallest absolute Gasteiger partial charge is 0.245 e. The van der Waals surface area contributed by atoms with E-state index < -0.39 is 11.6 Å². The van der Waals surface area contributed by atoms with Gasteiger partial charge in [-0.25, -0.2) is 18.7 Å². The molecule has 2 bridgehead atoms. The van der Waals surface area contributed by atoms with Crippen molar-refractivity contribution in [3.63, 3.8) is 0 Å². The zero-order valence-electron chi connectivity index (χ0n) is 18.5. The summed E-state index contributed by atoms with van der Waals surface area (Å²) in [5.41, 5.74) is 0.207. The minimum atomic E-state index is -0.794. The molecule has 3 atom stereocenters. The van der Waals surface area contributed by atoms with Crippen LogP contribution in [0.15, 0.2) is 37.2 Å². The molecular weight excluding hydrogens is 501 g/mol. The van der Waals surface area contributed by atoms with Crippen LogP contribution < -0.4 is 14.8 Å². The summed E-state index contributed by atoms with van der Waals surface area (Å²) in [5.74, 6) is -1.44. The van der Waals surface area contributed by atoms with Crippen LogP contribution in [0.3, 0.4) is 0 Å². The Morgan fingerprint density at radius 3 is 2.66 bits per heavy atom. The molecule has 3 heterocycles. The fourth-order valence-electron chi connectivity index (χ4n) is 4.72. The summed E-state index contributed by atoms with van der Waals surface area (Å²) in [4.78, 5) is 21.9. The normalized spacial score (nSPS) is 20.8. The molecule has 0 unspecified atom stereocenters. The number of carbonyl (C=O) groups is 1. The van der Waals surface area contributed by atoms with Crippen LogP contribution in [-0.4, -0.2) is 47.1 Å². The number of benzene rings is 2. The third-order valence-corrected chi connectivity index (χ3v) is 7.26. The molecule has 7 nitrogen and oxygen atoms in total. The summed E-state index contributed by atoms with van der Waals surface area (Å²) in [6, 6.07) is 4.33. The number of halogens is 4. The van der Waals surface area contributed by atoms with E-state index in [0.29, 0.717) is 13.1 Å². The van der Waals surface area contributed by atoms with Crippen molar-refractivity contribution >= 4 is 51.5 Å². The number of nitrogens with zero attached hydrogens (tertiary/aromatic N) is 3. The van der Waals surface area contributed by atoms with Crippen molar-refractivity contribution in [1.82, 2.24) is 14.9 Å². The van der Waals surface area contributed by atoms with E-state index in [0.717, 1.165) is 6.42 Å². The summed E-state index contributed by atoms with van der Waals surface area (Å²) in [6.45, 7) is 4.55. The van der Waals surface area contributed by atoms with Crippen molar-refractivity contribution < 1.29 is 23.0 Å². The van der Waals surface area contributed by atoms with Crippen molar-refractivity contribution in [2.75, 3.05) is 25.5 Å². The number of aromatic nitrogens is 2. The van der Waals surface area contributed by atoms with Crippen molar-refractivity contribution in [2.45, 2.75) is 12.5 Å². The van der Waals surface area contributed by atoms with Gasteiger partial charge >= 0.3 is 0 Å². The highest BCUT2D eigenvalue weighted by atomic mass is 35.5. The summed E-state index contributed by atoms with van der Waals surface area (Å²) in [7, 11) is 1.41. The molecule has 11 heteroatoms. The van der Waals surface area contributed by atoms with E-state index in [9.17, 15) is 9.18 Å². The maximum Gasteiger partial charge on any atom is 0.245 e. The van der Waals surface area contributed by atoms with Crippen LogP contribution in [0, 0.1) is 23.5 Å². The van der Waals surface area contributed by atoms with Crippen molar-refractivity contribution in [1.29, 1.82) is 0 Å². The van der Waals surface area contributed by atoms with Crippen LogP contribution in [0.1, 0.15) is 6.42 Å². The van der Waals surface area contributed by atoms with Crippen molar-refractivity contribution in [3.8, 4) is 11.5 Å². The molecule has 6 rings (SSSR count). The standard InChI is InChI=1S/C24H20Cl2F2N4O3/c1-3-17(33)32-8-11-6-12(9-32)22(11)35-23-16(34-2)7-15-18(21(23)28)24(30-10-29-15)31-14-5-4-13(25)19(26)20(14)27/h3-5,7,10-12,22H,1,6,8-9H2,2H3,(H,29,30,31)/t11-,12+,22+. The second kappa shape index (κ2) is 9.13. The van der Waals surface area contributed by atoms with E-state index in [4.69, 9.17) is 32.7 Å². The van der Waals surface area contributed by atoms with E-state index in [1.165, 1.54) is 37.7 Å². The van der Waals surface area contributed by atoms with Gasteiger partial charge in [0, 0.05) is 31.0 Å². The first-order valence-electron chi connectivity index (χ1n) is 10.8. The lowest BCUT2D eigenvalue weighted by Crippen LogP contribution is -2.61. The number of hydrogen-bond donors (Lipinski definition) is 1. The molecule has 1 N–H and O–H groups in total. The van der Waals surface area contributed by atoms with Gasteiger partial charge in [-0.2, -0.15) is 0 Å². The van der Waals surface area contributed by atoms with Crippen molar-refractivity contribution in [2.24, 2.45) is 11.8 Å². The maximum atomic E-state index is 15.9. The number of anilines is 2. The molecule has 2 aromatic carbocycles. The van der Waals surface area contributed by atoms with Gasteiger partial charge in [0.1, 0.15) is 18.2 Å². The fraction of sp³-hybridized carbons (Fsp3) is 0.292. The predicted octanol–water partition coefficient (Wildman–Crippen LogP) is 5.38. The average Bonchev–Trinajstić information content (AvgIpc) is 2.87. The van der Waals surface area contributed by atoms with Crippen LogP contribution in [0.4, 0.5) is 20.3 Å². The van der Waals surface area contributed by atoms with Gasteiger partial charge in [0.15, 0.2) is 23.1 Å². The number of methoxy groups -OCH3 is 1. The number of hydrogen-bond acceptors (Lipinski definition) is 6. The Kier molecular flexibility index (Phi) is 6.14. The zero-order valence-corrected chi connectivity index (χ0v) is 20.0. The zero-order chi connectivity index (χ0) is 24.9. The van der Waals surface area contributed by atoms with Gasteiger partial charge in [0.05, 0.1) is 33.7 Å². The van der Waals surface area contributed by atoms with Gasteiger partial charge in [-0.1, -0.05) is 29.8 Å². The van der Waals surface area contributed by atoms with E-state index in [-0.39, 0.29) is 67.8 Å². The molecule has 1 aliphatic carbocycles. The lowest BCUT2D eigenvalue weighted by atomic mass is 9.68. The van der Waals surface area contributed by atoms with E-state index in [1.54, 1.807) is 4.90 Å². The minimum Gasteiger partial charge on any atom is -0.493 e. The van der Waals surface area contributed by atoms with Gasteiger partial charge in [-0.05, 0) is 24.6 Å². The summed E-state index contributed by atoms with van der Waals surface area (Å²) in [6.07, 6.45) is 3.12. The third kappa shape index (κ3) is 4.02. The van der Waals surface area contributed by atoms with Gasteiger partial charge in [-0.3, -0.25) is 4.79 Å². The Balaban J connectivity index is 1.50. The largest absolute Gasteiger partial charge is 0.493 e. The van der Waals surface area contributed by atoms with Gasteiger partial charge < -0.3 is 19.7 Å². The first-order valence-corrected chi connectivity index (χ1v) is 11.6. The molecule has 35 heavy (non-hydrogen) atoms. The second-order valence-corrected chi connectivity index (χ2v) is 9.26. The highest BCUT2D eigenvalue weighted by Gasteiger charge is 2.49. The molecule has 1 aromatic heterocycles. The third-order valence-electron chi connectivity index (χ3n) is 6.48. The Hall–Kier alpha value is -3.17. The topological polar surface area (TPSA) is 76.6 Å². The van der Waals surface area contributed by atoms with Gasteiger partial charge in [-0.15, -0.1) is 0 Å². The lowest BCUT2D eigenvalue weighted by molar-refractivity contribution is -0.142. The molecule has 0 radical (unpaired) electrons. The molecular formula is C24H20Cl2F2N4O3. The highest BCUT2D eigenvalue weighted by Crippen LogP contribution is 2.46. The number of rotatable bonds is 6. The SMILES string of the molecule is C=CC(=O)N1C[C@H]2C[C@@H](C1)[C@H]2Oc1c(OC)cc2ncnc(Nc3ccc(Cl)c(Cl)c3F)c2c1F. The number of fused-ring (bicyclic) bond motifs is 3. The van der Waals surface area contributed by atoms with Crippen LogP contribution in [0.25, 0.3) is 10.9 Å². The molecule has 3 aliphatic rings. The molecule has 0 spiro atoms. The highest BCUT2D eigenvalue weighted by molar-refractivity contribution is 6.42. The molecule has 2 saturated heterocycles. The summed E-state index contributed by atoms with van der Waals surface area (Å²) >= 11 is 11.8. The van der Waals surface area contributed by atoms with Crippen LogP contribution >= 0.6 is 23.2 Å². The monoisotopic (exact) mass is 520 g/mol. The van der Waals surface area contributed by atoms with Crippen molar-refractivity contribution in [3.05, 3.63) is 58.9 Å². The molecule has 2 aliphatic heterocycles. The fourth-order valence-corrected chi connectivity index (χ4v) is 5.03. The molecule has 3 fully saturated rings. The van der Waals surface area contributed by atoms with Gasteiger partial charge in [0.2, 0.25) is 5.91 Å². The van der Waals surface area contributed by atoms with E-state index >= 15 is 4.39 Å². The Morgan fingerprint density at radius 1 is 1.23 bits per heavy atom. The number of amides is 1. The molecule has 1 amide bonds. The number of carbonyl (C=O) groups excluding carboxylic acids is 1.